The maximum absolute atomic E-state index is 5.43. The quantitative estimate of drug-likeness (QED) is 0.654. The summed E-state index contributed by atoms with van der Waals surface area (Å²) in [5.41, 5.74) is 0. The van der Waals surface area contributed by atoms with Crippen LogP contribution in [0.5, 0.6) is 0 Å². The molecule has 0 aromatic heterocycles. The van der Waals surface area contributed by atoms with Crippen LogP contribution in [0.3, 0.4) is 0 Å². The Morgan fingerprint density at radius 3 is 2.73 bits per heavy atom. The summed E-state index contributed by atoms with van der Waals surface area (Å²) in [6, 6.07) is 1.12. The zero-order valence-corrected chi connectivity index (χ0v) is 7.76. The Balaban J connectivity index is 2.23. The van der Waals surface area contributed by atoms with E-state index in [1.54, 1.807) is 0 Å². The van der Waals surface area contributed by atoms with Gasteiger partial charge in [-0.1, -0.05) is 13.8 Å². The maximum atomic E-state index is 5.43. The van der Waals surface area contributed by atoms with Crippen molar-refractivity contribution in [1.82, 2.24) is 5.32 Å². The minimum atomic E-state index is 0.535. The van der Waals surface area contributed by atoms with Crippen molar-refractivity contribution in [3.05, 3.63) is 0 Å². The first-order chi connectivity index (χ1) is 5.18. The van der Waals surface area contributed by atoms with Crippen LogP contribution in [-0.4, -0.2) is 25.3 Å². The van der Waals surface area contributed by atoms with E-state index in [2.05, 4.69) is 26.1 Å². The molecule has 1 aliphatic rings. The molecular formula is C9H19NO. The van der Waals surface area contributed by atoms with E-state index in [4.69, 9.17) is 4.74 Å². The van der Waals surface area contributed by atoms with Crippen LogP contribution in [0.25, 0.3) is 0 Å². The molecule has 0 aromatic rings. The molecule has 2 nitrogen and oxygen atoms in total. The SMILES string of the molecule is CC(C)C[C@H]1COC[C@H](C)N1. The molecular weight excluding hydrogens is 138 g/mol. The average molecular weight is 157 g/mol. The Kier molecular flexibility index (Phi) is 3.34. The van der Waals surface area contributed by atoms with Gasteiger partial charge in [-0.3, -0.25) is 0 Å². The van der Waals surface area contributed by atoms with Crippen LogP contribution in [0.15, 0.2) is 0 Å². The van der Waals surface area contributed by atoms with Crippen LogP contribution in [0.4, 0.5) is 0 Å². The molecule has 0 bridgehead atoms. The molecule has 1 rings (SSSR count). The fourth-order valence-corrected chi connectivity index (χ4v) is 1.59. The molecule has 2 atom stereocenters. The van der Waals surface area contributed by atoms with E-state index in [1.807, 2.05) is 0 Å². The molecule has 0 spiro atoms. The second-order valence-electron chi connectivity index (χ2n) is 3.93. The zero-order chi connectivity index (χ0) is 8.27. The van der Waals surface area contributed by atoms with Gasteiger partial charge in [0.1, 0.15) is 0 Å². The molecule has 1 fully saturated rings. The molecule has 1 saturated heterocycles. The summed E-state index contributed by atoms with van der Waals surface area (Å²) in [6.07, 6.45) is 1.23. The van der Waals surface area contributed by atoms with Crippen molar-refractivity contribution < 1.29 is 4.74 Å². The van der Waals surface area contributed by atoms with E-state index in [9.17, 15) is 0 Å². The molecule has 0 amide bonds. The molecule has 2 heteroatoms. The van der Waals surface area contributed by atoms with E-state index in [1.165, 1.54) is 6.42 Å². The summed E-state index contributed by atoms with van der Waals surface area (Å²) in [6.45, 7) is 8.44. The summed E-state index contributed by atoms with van der Waals surface area (Å²) < 4.78 is 5.43. The van der Waals surface area contributed by atoms with Crippen LogP contribution in [0.2, 0.25) is 0 Å². The highest BCUT2D eigenvalue weighted by Crippen LogP contribution is 2.09. The van der Waals surface area contributed by atoms with Gasteiger partial charge in [-0.15, -0.1) is 0 Å². The normalized spacial score (nSPS) is 32.7. The van der Waals surface area contributed by atoms with Crippen molar-refractivity contribution in [3.8, 4) is 0 Å². The fourth-order valence-electron chi connectivity index (χ4n) is 1.59. The van der Waals surface area contributed by atoms with Gasteiger partial charge in [0.05, 0.1) is 13.2 Å². The summed E-state index contributed by atoms with van der Waals surface area (Å²) in [7, 11) is 0. The zero-order valence-electron chi connectivity index (χ0n) is 7.76. The molecule has 1 N–H and O–H groups in total. The van der Waals surface area contributed by atoms with E-state index in [0.29, 0.717) is 12.1 Å². The lowest BCUT2D eigenvalue weighted by Crippen LogP contribution is -2.47. The first kappa shape index (κ1) is 9.01. The minimum Gasteiger partial charge on any atom is -0.378 e. The maximum Gasteiger partial charge on any atom is 0.0620 e. The van der Waals surface area contributed by atoms with E-state index < -0.39 is 0 Å². The molecule has 1 heterocycles. The predicted octanol–water partition coefficient (Wildman–Crippen LogP) is 1.41. The van der Waals surface area contributed by atoms with Gasteiger partial charge in [0.25, 0.3) is 0 Å². The lowest BCUT2D eigenvalue weighted by atomic mass is 10.0. The van der Waals surface area contributed by atoms with Gasteiger partial charge in [0, 0.05) is 12.1 Å². The van der Waals surface area contributed by atoms with E-state index in [0.717, 1.165) is 19.1 Å². The van der Waals surface area contributed by atoms with Crippen LogP contribution < -0.4 is 5.32 Å². The lowest BCUT2D eigenvalue weighted by molar-refractivity contribution is 0.0446. The highest BCUT2D eigenvalue weighted by molar-refractivity contribution is 4.76. The lowest BCUT2D eigenvalue weighted by Gasteiger charge is -2.29. The summed E-state index contributed by atoms with van der Waals surface area (Å²) in [4.78, 5) is 0. The Morgan fingerprint density at radius 2 is 2.18 bits per heavy atom. The van der Waals surface area contributed by atoms with Crippen molar-refractivity contribution >= 4 is 0 Å². The standard InChI is InChI=1S/C9H19NO/c1-7(2)4-9-6-11-5-8(3)10-9/h7-10H,4-6H2,1-3H3/t8-,9-/m0/s1. The second-order valence-corrected chi connectivity index (χ2v) is 3.93. The third-order valence-corrected chi connectivity index (χ3v) is 1.96. The van der Waals surface area contributed by atoms with Crippen LogP contribution in [-0.2, 0) is 4.74 Å². The van der Waals surface area contributed by atoms with Crippen LogP contribution in [0.1, 0.15) is 27.2 Å². The summed E-state index contributed by atoms with van der Waals surface area (Å²) in [5, 5.41) is 3.52. The summed E-state index contributed by atoms with van der Waals surface area (Å²) in [5.74, 6) is 0.765. The average Bonchev–Trinajstić information content (AvgIpc) is 1.85. The van der Waals surface area contributed by atoms with Gasteiger partial charge >= 0.3 is 0 Å². The molecule has 0 aromatic carbocycles. The third kappa shape index (κ3) is 3.21. The Bertz CT molecular complexity index is 112. The molecule has 11 heavy (non-hydrogen) atoms. The van der Waals surface area contributed by atoms with Gasteiger partial charge in [0.2, 0.25) is 0 Å². The van der Waals surface area contributed by atoms with E-state index >= 15 is 0 Å². The molecule has 0 unspecified atom stereocenters. The number of nitrogens with one attached hydrogen (secondary N) is 1. The van der Waals surface area contributed by atoms with E-state index in [-0.39, 0.29) is 0 Å². The molecule has 0 radical (unpaired) electrons. The van der Waals surface area contributed by atoms with Gasteiger partial charge in [-0.25, -0.2) is 0 Å². The number of hydrogen-bond acceptors (Lipinski definition) is 2. The number of hydrogen-bond donors (Lipinski definition) is 1. The molecule has 66 valence electrons. The highest BCUT2D eigenvalue weighted by Gasteiger charge is 2.18. The monoisotopic (exact) mass is 157 g/mol. The highest BCUT2D eigenvalue weighted by atomic mass is 16.5. The minimum absolute atomic E-state index is 0.535. The van der Waals surface area contributed by atoms with Gasteiger partial charge < -0.3 is 10.1 Å². The topological polar surface area (TPSA) is 21.3 Å². The van der Waals surface area contributed by atoms with Crippen molar-refractivity contribution in [3.63, 3.8) is 0 Å². The predicted molar refractivity (Wildman–Crippen MR) is 46.7 cm³/mol. The van der Waals surface area contributed by atoms with Crippen molar-refractivity contribution in [2.45, 2.75) is 39.3 Å². The van der Waals surface area contributed by atoms with Gasteiger partial charge in [0.15, 0.2) is 0 Å². The molecule has 0 aliphatic carbocycles. The van der Waals surface area contributed by atoms with Crippen molar-refractivity contribution in [2.75, 3.05) is 13.2 Å². The van der Waals surface area contributed by atoms with Crippen molar-refractivity contribution in [2.24, 2.45) is 5.92 Å². The fraction of sp³-hybridized carbons (Fsp3) is 1.00. The first-order valence-corrected chi connectivity index (χ1v) is 4.52. The number of rotatable bonds is 2. The number of ether oxygens (including phenoxy) is 1. The van der Waals surface area contributed by atoms with Gasteiger partial charge in [-0.2, -0.15) is 0 Å². The van der Waals surface area contributed by atoms with Crippen LogP contribution in [0, 0.1) is 5.92 Å². The first-order valence-electron chi connectivity index (χ1n) is 4.52. The molecule has 0 saturated carbocycles. The Morgan fingerprint density at radius 1 is 1.45 bits per heavy atom. The summed E-state index contributed by atoms with van der Waals surface area (Å²) >= 11 is 0. The third-order valence-electron chi connectivity index (χ3n) is 1.96. The van der Waals surface area contributed by atoms with Crippen molar-refractivity contribution in [1.29, 1.82) is 0 Å². The van der Waals surface area contributed by atoms with Gasteiger partial charge in [-0.05, 0) is 19.3 Å². The van der Waals surface area contributed by atoms with Crippen LogP contribution >= 0.6 is 0 Å². The largest absolute Gasteiger partial charge is 0.378 e. The second kappa shape index (κ2) is 4.07. The smallest absolute Gasteiger partial charge is 0.0620 e. The Hall–Kier alpha value is -0.0800. The Labute approximate surface area is 69.3 Å². The molecule has 1 aliphatic heterocycles. The number of morpholine rings is 1.